The lowest BCUT2D eigenvalue weighted by Gasteiger charge is -2.19. The first kappa shape index (κ1) is 19.4. The molecule has 8 heteroatoms. The Morgan fingerprint density at radius 2 is 1.46 bits per heavy atom. The number of nitrogens with zero attached hydrogens (tertiary/aromatic N) is 2. The monoisotopic (exact) mass is 338 g/mol. The number of hydrogen-bond acceptors (Lipinski definition) is 7. The third-order valence-corrected chi connectivity index (χ3v) is 2.82. The number of ether oxygens (including phenoxy) is 3. The zero-order valence-corrected chi connectivity index (χ0v) is 14.5. The lowest BCUT2D eigenvalue weighted by Crippen LogP contribution is -2.35. The summed E-state index contributed by atoms with van der Waals surface area (Å²) in [6.45, 7) is 3.63. The number of amides is 1. The van der Waals surface area contributed by atoms with Crippen molar-refractivity contribution in [2.75, 3.05) is 34.2 Å². The number of esters is 2. The predicted molar refractivity (Wildman–Crippen MR) is 86.3 cm³/mol. The van der Waals surface area contributed by atoms with Crippen molar-refractivity contribution in [2.45, 2.75) is 13.8 Å². The van der Waals surface area contributed by atoms with Gasteiger partial charge in [0.15, 0.2) is 11.5 Å². The van der Waals surface area contributed by atoms with E-state index in [1.54, 1.807) is 7.05 Å². The topological polar surface area (TPSA) is 85.4 Å². The number of carbonyl (C=O) groups is 3. The van der Waals surface area contributed by atoms with Crippen LogP contribution in [0.3, 0.4) is 0 Å². The third kappa shape index (κ3) is 6.66. The molecule has 0 N–H and O–H groups in total. The fraction of sp³-hybridized carbons (Fsp3) is 0.438. The van der Waals surface area contributed by atoms with E-state index in [4.69, 9.17) is 14.2 Å². The van der Waals surface area contributed by atoms with Gasteiger partial charge >= 0.3 is 18.0 Å². The summed E-state index contributed by atoms with van der Waals surface area (Å²) in [7, 11) is 5.42. The Morgan fingerprint density at radius 3 is 2.00 bits per heavy atom. The van der Waals surface area contributed by atoms with E-state index in [0.717, 1.165) is 0 Å². The van der Waals surface area contributed by atoms with Crippen molar-refractivity contribution in [3.8, 4) is 17.2 Å². The Bertz CT molecular complexity index is 615. The van der Waals surface area contributed by atoms with Gasteiger partial charge in [-0.3, -0.25) is 9.59 Å². The summed E-state index contributed by atoms with van der Waals surface area (Å²) in [4.78, 5) is 37.6. The largest absolute Gasteiger partial charge is 0.423 e. The molecule has 0 radical (unpaired) electrons. The molecule has 0 unspecified atom stereocenters. The quantitative estimate of drug-likeness (QED) is 0.574. The summed E-state index contributed by atoms with van der Waals surface area (Å²) < 4.78 is 15.2. The lowest BCUT2D eigenvalue weighted by atomic mass is 10.3. The number of benzene rings is 1. The summed E-state index contributed by atoms with van der Waals surface area (Å²) in [6, 6.07) is 4.16. The Morgan fingerprint density at radius 1 is 0.875 bits per heavy atom. The van der Waals surface area contributed by atoms with E-state index in [-0.39, 0.29) is 17.2 Å². The fourth-order valence-electron chi connectivity index (χ4n) is 1.65. The molecule has 0 saturated heterocycles. The van der Waals surface area contributed by atoms with Gasteiger partial charge in [-0.25, -0.2) is 4.79 Å². The van der Waals surface area contributed by atoms with Gasteiger partial charge in [0.2, 0.25) is 0 Å². The van der Waals surface area contributed by atoms with E-state index >= 15 is 0 Å². The van der Waals surface area contributed by atoms with Crippen molar-refractivity contribution < 1.29 is 28.6 Å². The molecular weight excluding hydrogens is 316 g/mol. The average Bonchev–Trinajstić information content (AvgIpc) is 2.46. The number of carbonyl (C=O) groups excluding carboxylic acids is 3. The van der Waals surface area contributed by atoms with Gasteiger partial charge in [0.05, 0.1) is 0 Å². The van der Waals surface area contributed by atoms with E-state index in [1.165, 1.54) is 36.9 Å². The summed E-state index contributed by atoms with van der Waals surface area (Å²) in [5.74, 6) is -0.909. The Kier molecular flexibility index (Phi) is 7.19. The molecule has 0 saturated carbocycles. The number of hydrogen-bond donors (Lipinski definition) is 0. The molecule has 24 heavy (non-hydrogen) atoms. The maximum absolute atomic E-state index is 12.0. The Balaban J connectivity index is 2.86. The molecule has 8 nitrogen and oxygen atoms in total. The highest BCUT2D eigenvalue weighted by atomic mass is 16.6. The van der Waals surface area contributed by atoms with Gasteiger partial charge in [0, 0.05) is 40.1 Å². The zero-order valence-electron chi connectivity index (χ0n) is 14.5. The van der Waals surface area contributed by atoms with Crippen molar-refractivity contribution in [2.24, 2.45) is 0 Å². The van der Waals surface area contributed by atoms with E-state index < -0.39 is 18.0 Å². The molecule has 1 aromatic carbocycles. The molecule has 0 aromatic heterocycles. The van der Waals surface area contributed by atoms with Crippen LogP contribution in [0.25, 0.3) is 0 Å². The minimum atomic E-state index is -0.588. The zero-order chi connectivity index (χ0) is 18.3. The van der Waals surface area contributed by atoms with Gasteiger partial charge in [0.1, 0.15) is 5.75 Å². The summed E-state index contributed by atoms with van der Waals surface area (Å²) in [5.41, 5.74) is 0. The highest BCUT2D eigenvalue weighted by Crippen LogP contribution is 2.32. The molecule has 0 aliphatic carbocycles. The molecule has 0 aliphatic rings. The predicted octanol–water partition coefficient (Wildman–Crippen LogP) is 1.53. The van der Waals surface area contributed by atoms with Crippen molar-refractivity contribution in [1.29, 1.82) is 0 Å². The first-order chi connectivity index (χ1) is 11.2. The summed E-state index contributed by atoms with van der Waals surface area (Å²) in [6.07, 6.45) is -0.550. The van der Waals surface area contributed by atoms with Gasteiger partial charge in [0.25, 0.3) is 0 Å². The van der Waals surface area contributed by atoms with Crippen LogP contribution in [-0.2, 0) is 9.59 Å². The van der Waals surface area contributed by atoms with Crippen molar-refractivity contribution in [3.63, 3.8) is 0 Å². The number of rotatable bonds is 6. The van der Waals surface area contributed by atoms with Crippen LogP contribution in [0, 0.1) is 0 Å². The standard InChI is InChI=1S/C16H22N2O6/c1-11(19)22-14-7-6-13(10-15(14)23-12(2)20)24-16(21)18(5)9-8-17(3)4/h6-7,10H,8-9H2,1-5H3. The molecular formula is C16H22N2O6. The van der Waals surface area contributed by atoms with E-state index in [9.17, 15) is 14.4 Å². The maximum Gasteiger partial charge on any atom is 0.415 e. The second-order valence-corrected chi connectivity index (χ2v) is 5.39. The molecule has 0 fully saturated rings. The van der Waals surface area contributed by atoms with Gasteiger partial charge in [-0.15, -0.1) is 0 Å². The van der Waals surface area contributed by atoms with Crippen LogP contribution >= 0.6 is 0 Å². The minimum Gasteiger partial charge on any atom is -0.423 e. The van der Waals surface area contributed by atoms with Gasteiger partial charge in [-0.1, -0.05) is 0 Å². The van der Waals surface area contributed by atoms with Gasteiger partial charge < -0.3 is 24.0 Å². The van der Waals surface area contributed by atoms with Gasteiger partial charge in [-0.05, 0) is 26.2 Å². The van der Waals surface area contributed by atoms with Gasteiger partial charge in [-0.2, -0.15) is 0 Å². The second-order valence-electron chi connectivity index (χ2n) is 5.39. The molecule has 0 bridgehead atoms. The molecule has 1 amide bonds. The third-order valence-electron chi connectivity index (χ3n) is 2.82. The smallest absolute Gasteiger partial charge is 0.415 e. The summed E-state index contributed by atoms with van der Waals surface area (Å²) in [5, 5.41) is 0. The Labute approximate surface area is 140 Å². The van der Waals surface area contributed by atoms with E-state index in [2.05, 4.69) is 0 Å². The van der Waals surface area contributed by atoms with Crippen molar-refractivity contribution in [3.05, 3.63) is 18.2 Å². The summed E-state index contributed by atoms with van der Waals surface area (Å²) >= 11 is 0. The van der Waals surface area contributed by atoms with E-state index in [0.29, 0.717) is 13.1 Å². The van der Waals surface area contributed by atoms with Crippen molar-refractivity contribution >= 4 is 18.0 Å². The van der Waals surface area contributed by atoms with Crippen LogP contribution in [0.2, 0.25) is 0 Å². The first-order valence-electron chi connectivity index (χ1n) is 7.27. The van der Waals surface area contributed by atoms with Crippen LogP contribution in [0.15, 0.2) is 18.2 Å². The molecule has 0 spiro atoms. The Hall–Kier alpha value is -2.61. The second kappa shape index (κ2) is 8.88. The minimum absolute atomic E-state index is 0.000977. The highest BCUT2D eigenvalue weighted by Gasteiger charge is 2.15. The molecule has 132 valence electrons. The first-order valence-corrected chi connectivity index (χ1v) is 7.27. The van der Waals surface area contributed by atoms with Crippen molar-refractivity contribution in [1.82, 2.24) is 9.80 Å². The SMILES string of the molecule is CC(=O)Oc1ccc(OC(=O)N(C)CCN(C)C)cc1OC(C)=O. The molecule has 1 rings (SSSR count). The molecule has 1 aromatic rings. The molecule has 0 heterocycles. The van der Waals surface area contributed by atoms with Crippen LogP contribution in [0.5, 0.6) is 17.2 Å². The number of likely N-dealkylation sites (N-methyl/N-ethyl adjacent to an activating group) is 2. The average molecular weight is 338 g/mol. The lowest BCUT2D eigenvalue weighted by molar-refractivity contribution is -0.134. The highest BCUT2D eigenvalue weighted by molar-refractivity contribution is 5.75. The van der Waals surface area contributed by atoms with Crippen LogP contribution in [0.4, 0.5) is 4.79 Å². The van der Waals surface area contributed by atoms with Crippen LogP contribution in [-0.4, -0.2) is 62.1 Å². The van der Waals surface area contributed by atoms with E-state index in [1.807, 2.05) is 19.0 Å². The van der Waals surface area contributed by atoms with Crippen LogP contribution < -0.4 is 14.2 Å². The fourth-order valence-corrected chi connectivity index (χ4v) is 1.65. The molecule has 0 aliphatic heterocycles. The maximum atomic E-state index is 12.0. The normalized spacial score (nSPS) is 10.2. The molecule has 0 atom stereocenters. The van der Waals surface area contributed by atoms with Crippen LogP contribution in [0.1, 0.15) is 13.8 Å².